The molecule has 1 aromatic carbocycles. The van der Waals surface area contributed by atoms with Gasteiger partial charge in [0.25, 0.3) is 0 Å². The van der Waals surface area contributed by atoms with Crippen molar-refractivity contribution in [1.82, 2.24) is 0 Å². The normalized spacial score (nSPS) is 12.4. The molecule has 0 bridgehead atoms. The first-order chi connectivity index (χ1) is 11.3. The highest BCUT2D eigenvalue weighted by Crippen LogP contribution is 2.26. The van der Waals surface area contributed by atoms with E-state index in [9.17, 15) is 0 Å². The van der Waals surface area contributed by atoms with Crippen molar-refractivity contribution in [2.75, 3.05) is 0 Å². The van der Waals surface area contributed by atoms with Gasteiger partial charge in [-0.2, -0.15) is 12.6 Å². The number of hydrogen-bond donors (Lipinski definition) is 1. The lowest BCUT2D eigenvalue weighted by Gasteiger charge is -2.10. The summed E-state index contributed by atoms with van der Waals surface area (Å²) in [5.41, 5.74) is 1.37. The molecule has 0 spiro atoms. The second-order valence-electron chi connectivity index (χ2n) is 6.96. The molecule has 0 fully saturated rings. The molecule has 1 rings (SSSR count). The first-order valence-electron chi connectivity index (χ1n) is 10.1. The topological polar surface area (TPSA) is 0 Å². The van der Waals surface area contributed by atoms with Gasteiger partial charge in [-0.15, -0.1) is 0 Å². The van der Waals surface area contributed by atoms with Gasteiger partial charge < -0.3 is 0 Å². The zero-order valence-electron chi connectivity index (χ0n) is 15.3. The minimum atomic E-state index is 0.420. The fraction of sp³-hybridized carbons (Fsp3) is 0.727. The van der Waals surface area contributed by atoms with Crippen LogP contribution in [-0.2, 0) is 0 Å². The molecule has 1 aromatic rings. The molecule has 1 atom stereocenters. The van der Waals surface area contributed by atoms with E-state index in [4.69, 9.17) is 12.6 Å². The molecular weight excluding hydrogens is 296 g/mol. The van der Waals surface area contributed by atoms with Crippen molar-refractivity contribution < 1.29 is 0 Å². The molecule has 132 valence electrons. The Morgan fingerprint density at radius 1 is 0.652 bits per heavy atom. The van der Waals surface area contributed by atoms with E-state index in [0.29, 0.717) is 5.25 Å². The van der Waals surface area contributed by atoms with E-state index < -0.39 is 0 Å². The quantitative estimate of drug-likeness (QED) is 0.243. The Labute approximate surface area is 150 Å². The second kappa shape index (κ2) is 15.1. The van der Waals surface area contributed by atoms with E-state index in [0.717, 1.165) is 0 Å². The van der Waals surface area contributed by atoms with Gasteiger partial charge in [-0.3, -0.25) is 0 Å². The van der Waals surface area contributed by atoms with Gasteiger partial charge in [-0.25, -0.2) is 0 Å². The third-order valence-electron chi connectivity index (χ3n) is 4.77. The average molecular weight is 335 g/mol. The lowest BCUT2D eigenvalue weighted by Crippen LogP contribution is -1.90. The minimum absolute atomic E-state index is 0.420. The molecule has 0 aromatic heterocycles. The van der Waals surface area contributed by atoms with Crippen LogP contribution in [0.25, 0.3) is 0 Å². The van der Waals surface area contributed by atoms with Crippen LogP contribution in [-0.4, -0.2) is 0 Å². The van der Waals surface area contributed by atoms with Gasteiger partial charge in [0.1, 0.15) is 0 Å². The second-order valence-corrected chi connectivity index (χ2v) is 7.58. The van der Waals surface area contributed by atoms with Gasteiger partial charge in [-0.05, 0) is 12.0 Å². The Kier molecular flexibility index (Phi) is 13.6. The van der Waals surface area contributed by atoms with E-state index in [1.165, 1.54) is 95.5 Å². The molecule has 1 unspecified atom stereocenters. The van der Waals surface area contributed by atoms with Crippen LogP contribution in [0.5, 0.6) is 0 Å². The van der Waals surface area contributed by atoms with E-state index in [1.807, 2.05) is 0 Å². The first-order valence-corrected chi connectivity index (χ1v) is 10.6. The lowest BCUT2D eigenvalue weighted by atomic mass is 10.0. The third-order valence-corrected chi connectivity index (χ3v) is 5.32. The summed E-state index contributed by atoms with van der Waals surface area (Å²) in [6, 6.07) is 10.7. The molecule has 0 radical (unpaired) electrons. The number of hydrogen-bond acceptors (Lipinski definition) is 1. The largest absolute Gasteiger partial charge is 0.171 e. The zero-order valence-corrected chi connectivity index (χ0v) is 16.2. The number of thiol groups is 1. The Hall–Kier alpha value is -0.430. The summed E-state index contributed by atoms with van der Waals surface area (Å²) in [4.78, 5) is 0. The zero-order chi connectivity index (χ0) is 16.6. The standard InChI is InChI=1S/C22H38S/c1-2-3-4-5-6-7-8-9-10-11-12-13-17-20-22(23)21-18-15-14-16-19-21/h14-16,18-19,22-23H,2-13,17,20H2,1H3. The monoisotopic (exact) mass is 334 g/mol. The smallest absolute Gasteiger partial charge is 0.0267 e. The molecule has 0 aliphatic heterocycles. The molecule has 0 N–H and O–H groups in total. The molecule has 23 heavy (non-hydrogen) atoms. The van der Waals surface area contributed by atoms with Crippen molar-refractivity contribution in [3.8, 4) is 0 Å². The van der Waals surface area contributed by atoms with E-state index >= 15 is 0 Å². The molecular formula is C22H38S. The summed E-state index contributed by atoms with van der Waals surface area (Å²) < 4.78 is 0. The van der Waals surface area contributed by atoms with Gasteiger partial charge in [0.05, 0.1) is 0 Å². The van der Waals surface area contributed by atoms with Crippen molar-refractivity contribution in [2.45, 2.75) is 102 Å². The highest BCUT2D eigenvalue weighted by molar-refractivity contribution is 7.80. The minimum Gasteiger partial charge on any atom is -0.171 e. The van der Waals surface area contributed by atoms with Crippen molar-refractivity contribution in [3.63, 3.8) is 0 Å². The van der Waals surface area contributed by atoms with Crippen molar-refractivity contribution in [1.29, 1.82) is 0 Å². The van der Waals surface area contributed by atoms with Gasteiger partial charge in [-0.1, -0.05) is 121 Å². The molecule has 0 saturated heterocycles. The molecule has 1 heteroatoms. The maximum Gasteiger partial charge on any atom is 0.0267 e. The molecule has 0 amide bonds. The molecule has 0 heterocycles. The van der Waals surface area contributed by atoms with Crippen LogP contribution >= 0.6 is 12.6 Å². The summed E-state index contributed by atoms with van der Waals surface area (Å²) in [5.74, 6) is 0. The van der Waals surface area contributed by atoms with Crippen molar-refractivity contribution in [3.05, 3.63) is 35.9 Å². The van der Waals surface area contributed by atoms with E-state index in [-0.39, 0.29) is 0 Å². The fourth-order valence-electron chi connectivity index (χ4n) is 3.20. The Morgan fingerprint density at radius 3 is 1.57 bits per heavy atom. The van der Waals surface area contributed by atoms with Crippen LogP contribution in [0, 0.1) is 0 Å². The summed E-state index contributed by atoms with van der Waals surface area (Å²) in [6.07, 6.45) is 19.7. The number of rotatable bonds is 15. The van der Waals surface area contributed by atoms with Crippen LogP contribution in [0.2, 0.25) is 0 Å². The Bertz CT molecular complexity index is 346. The maximum atomic E-state index is 4.73. The molecule has 0 aliphatic rings. The molecule has 0 saturated carbocycles. The third kappa shape index (κ3) is 11.7. The van der Waals surface area contributed by atoms with Crippen LogP contribution in [0.4, 0.5) is 0 Å². The van der Waals surface area contributed by atoms with E-state index in [1.54, 1.807) is 0 Å². The SMILES string of the molecule is CCCCCCCCCCCCCCCC(S)c1ccccc1. The maximum absolute atomic E-state index is 4.73. The van der Waals surface area contributed by atoms with Crippen LogP contribution < -0.4 is 0 Å². The fourth-order valence-corrected chi connectivity index (χ4v) is 3.55. The van der Waals surface area contributed by atoms with Crippen LogP contribution in [0.3, 0.4) is 0 Å². The number of benzene rings is 1. The average Bonchev–Trinajstić information content (AvgIpc) is 2.59. The number of unbranched alkanes of at least 4 members (excludes halogenated alkanes) is 12. The van der Waals surface area contributed by atoms with Crippen molar-refractivity contribution in [2.24, 2.45) is 0 Å². The van der Waals surface area contributed by atoms with E-state index in [2.05, 4.69) is 37.3 Å². The summed E-state index contributed by atoms with van der Waals surface area (Å²) in [5, 5.41) is 0.420. The van der Waals surface area contributed by atoms with Crippen molar-refractivity contribution >= 4 is 12.6 Å². The predicted octanol–water partition coefficient (Wildman–Crippen LogP) is 8.14. The van der Waals surface area contributed by atoms with Crippen LogP contribution in [0.1, 0.15) is 108 Å². The highest BCUT2D eigenvalue weighted by atomic mass is 32.1. The first kappa shape index (κ1) is 20.6. The van der Waals surface area contributed by atoms with Gasteiger partial charge in [0.15, 0.2) is 0 Å². The summed E-state index contributed by atoms with van der Waals surface area (Å²) in [7, 11) is 0. The predicted molar refractivity (Wildman–Crippen MR) is 108 cm³/mol. The van der Waals surface area contributed by atoms with Crippen LogP contribution in [0.15, 0.2) is 30.3 Å². The van der Waals surface area contributed by atoms with Gasteiger partial charge in [0.2, 0.25) is 0 Å². The molecule has 0 aliphatic carbocycles. The Morgan fingerprint density at radius 2 is 1.09 bits per heavy atom. The summed E-state index contributed by atoms with van der Waals surface area (Å²) >= 11 is 4.73. The lowest BCUT2D eigenvalue weighted by molar-refractivity contribution is 0.535. The van der Waals surface area contributed by atoms with Gasteiger partial charge in [0, 0.05) is 5.25 Å². The Balaban J connectivity index is 1.81. The molecule has 0 nitrogen and oxygen atoms in total. The summed E-state index contributed by atoms with van der Waals surface area (Å²) in [6.45, 7) is 2.29. The van der Waals surface area contributed by atoms with Gasteiger partial charge >= 0.3 is 0 Å². The highest BCUT2D eigenvalue weighted by Gasteiger charge is 2.04.